The molecular weight excluding hydrogens is 245 g/mol. The molecule has 3 nitrogen and oxygen atoms in total. The summed E-state index contributed by atoms with van der Waals surface area (Å²) in [5.41, 5.74) is 5.69. The van der Waals surface area contributed by atoms with Gasteiger partial charge in [-0.1, -0.05) is 0 Å². The summed E-state index contributed by atoms with van der Waals surface area (Å²) in [6, 6.07) is -0.107. The molecule has 1 aliphatic carbocycles. The van der Waals surface area contributed by atoms with Crippen LogP contribution in [-0.4, -0.2) is 36.1 Å². The normalized spacial score (nSPS) is 34.1. The van der Waals surface area contributed by atoms with Gasteiger partial charge >= 0.3 is 6.18 Å². The van der Waals surface area contributed by atoms with E-state index in [1.807, 2.05) is 0 Å². The SMILES string of the molecule is NC1CC(=O)N(CC2CCC(C(F)(F)F)CC2)C1. The number of alkyl halides is 3. The van der Waals surface area contributed by atoms with E-state index in [1.54, 1.807) is 4.90 Å². The van der Waals surface area contributed by atoms with Gasteiger partial charge in [0.25, 0.3) is 0 Å². The van der Waals surface area contributed by atoms with Crippen molar-refractivity contribution in [2.45, 2.75) is 44.3 Å². The van der Waals surface area contributed by atoms with Gasteiger partial charge in [0.1, 0.15) is 0 Å². The smallest absolute Gasteiger partial charge is 0.341 e. The number of nitrogens with zero attached hydrogens (tertiary/aromatic N) is 1. The molecule has 1 amide bonds. The first kappa shape index (κ1) is 13.6. The minimum absolute atomic E-state index is 0.0421. The van der Waals surface area contributed by atoms with Crippen LogP contribution in [0.15, 0.2) is 0 Å². The number of likely N-dealkylation sites (tertiary alicyclic amines) is 1. The molecule has 2 rings (SSSR count). The second-order valence-electron chi connectivity index (χ2n) is 5.52. The molecular formula is C12H19F3N2O. The van der Waals surface area contributed by atoms with E-state index >= 15 is 0 Å². The van der Waals surface area contributed by atoms with Gasteiger partial charge in [-0.05, 0) is 31.6 Å². The van der Waals surface area contributed by atoms with Crippen LogP contribution in [0.3, 0.4) is 0 Å². The maximum Gasteiger partial charge on any atom is 0.391 e. The van der Waals surface area contributed by atoms with Gasteiger partial charge in [-0.3, -0.25) is 4.79 Å². The van der Waals surface area contributed by atoms with Crippen LogP contribution >= 0.6 is 0 Å². The Balaban J connectivity index is 1.79. The van der Waals surface area contributed by atoms with Crippen molar-refractivity contribution in [2.75, 3.05) is 13.1 Å². The van der Waals surface area contributed by atoms with Gasteiger partial charge in [0.05, 0.1) is 5.92 Å². The molecule has 6 heteroatoms. The summed E-state index contributed by atoms with van der Waals surface area (Å²) in [6.07, 6.45) is -2.18. The van der Waals surface area contributed by atoms with Crippen LogP contribution in [0, 0.1) is 11.8 Å². The van der Waals surface area contributed by atoms with Gasteiger partial charge in [0.2, 0.25) is 5.91 Å². The first-order chi connectivity index (χ1) is 8.36. The van der Waals surface area contributed by atoms with E-state index in [9.17, 15) is 18.0 Å². The minimum atomic E-state index is -4.06. The second-order valence-corrected chi connectivity index (χ2v) is 5.52. The number of halogens is 3. The fourth-order valence-electron chi connectivity index (χ4n) is 2.96. The lowest BCUT2D eigenvalue weighted by Crippen LogP contribution is -2.36. The number of hydrogen-bond acceptors (Lipinski definition) is 2. The Morgan fingerprint density at radius 3 is 2.28 bits per heavy atom. The Kier molecular flexibility index (Phi) is 3.84. The average molecular weight is 264 g/mol. The molecule has 2 aliphatic rings. The predicted molar refractivity (Wildman–Crippen MR) is 60.7 cm³/mol. The number of nitrogens with two attached hydrogens (primary N) is 1. The van der Waals surface area contributed by atoms with E-state index in [-0.39, 0.29) is 30.7 Å². The largest absolute Gasteiger partial charge is 0.391 e. The van der Waals surface area contributed by atoms with E-state index in [0.29, 0.717) is 32.4 Å². The van der Waals surface area contributed by atoms with Crippen LogP contribution in [0.4, 0.5) is 13.2 Å². The maximum absolute atomic E-state index is 12.5. The molecule has 2 N–H and O–H groups in total. The highest BCUT2D eigenvalue weighted by Crippen LogP contribution is 2.39. The summed E-state index contributed by atoms with van der Waals surface area (Å²) in [5.74, 6) is -0.899. The number of carbonyl (C=O) groups is 1. The number of rotatable bonds is 2. The summed E-state index contributed by atoms with van der Waals surface area (Å²) in [6.45, 7) is 1.13. The van der Waals surface area contributed by atoms with Crippen molar-refractivity contribution < 1.29 is 18.0 Å². The maximum atomic E-state index is 12.5. The summed E-state index contributed by atoms with van der Waals surface area (Å²) in [5, 5.41) is 0. The summed E-state index contributed by atoms with van der Waals surface area (Å²) >= 11 is 0. The topological polar surface area (TPSA) is 46.3 Å². The lowest BCUT2D eigenvalue weighted by Gasteiger charge is -2.32. The first-order valence-corrected chi connectivity index (χ1v) is 6.46. The number of carbonyl (C=O) groups excluding carboxylic acids is 1. The van der Waals surface area contributed by atoms with Crippen LogP contribution in [0.2, 0.25) is 0 Å². The minimum Gasteiger partial charge on any atom is -0.341 e. The predicted octanol–water partition coefficient (Wildman–Crippen LogP) is 1.91. The van der Waals surface area contributed by atoms with Gasteiger partial charge in [-0.15, -0.1) is 0 Å². The summed E-state index contributed by atoms with van der Waals surface area (Å²) in [7, 11) is 0. The molecule has 18 heavy (non-hydrogen) atoms. The van der Waals surface area contributed by atoms with Crippen LogP contribution in [0.5, 0.6) is 0 Å². The van der Waals surface area contributed by atoms with Crippen molar-refractivity contribution in [3.05, 3.63) is 0 Å². The van der Waals surface area contributed by atoms with E-state index in [4.69, 9.17) is 5.73 Å². The lowest BCUT2D eigenvalue weighted by atomic mass is 9.81. The molecule has 0 radical (unpaired) electrons. The van der Waals surface area contributed by atoms with E-state index in [1.165, 1.54) is 0 Å². The van der Waals surface area contributed by atoms with Gasteiger partial charge < -0.3 is 10.6 Å². The van der Waals surface area contributed by atoms with Crippen molar-refractivity contribution in [1.29, 1.82) is 0 Å². The standard InChI is InChI=1S/C12H19F3N2O/c13-12(14,15)9-3-1-8(2-4-9)6-17-7-10(16)5-11(17)18/h8-10H,1-7,16H2. The fourth-order valence-corrected chi connectivity index (χ4v) is 2.96. The Morgan fingerprint density at radius 2 is 1.83 bits per heavy atom. The van der Waals surface area contributed by atoms with E-state index in [0.717, 1.165) is 0 Å². The Hall–Kier alpha value is -0.780. The van der Waals surface area contributed by atoms with Crippen molar-refractivity contribution in [1.82, 2.24) is 4.90 Å². The first-order valence-electron chi connectivity index (χ1n) is 6.46. The van der Waals surface area contributed by atoms with Gasteiger partial charge in [-0.25, -0.2) is 0 Å². The molecule has 2 fully saturated rings. The molecule has 1 atom stereocenters. The molecule has 0 aromatic rings. The summed E-state index contributed by atoms with van der Waals surface area (Å²) in [4.78, 5) is 13.3. The van der Waals surface area contributed by atoms with Gasteiger partial charge in [0.15, 0.2) is 0 Å². The Morgan fingerprint density at radius 1 is 1.22 bits per heavy atom. The van der Waals surface area contributed by atoms with Crippen LogP contribution in [0.25, 0.3) is 0 Å². The zero-order valence-electron chi connectivity index (χ0n) is 10.2. The molecule has 1 unspecified atom stereocenters. The van der Waals surface area contributed by atoms with Crippen LogP contribution in [0.1, 0.15) is 32.1 Å². The molecule has 1 aliphatic heterocycles. The van der Waals surface area contributed by atoms with Gasteiger partial charge in [-0.2, -0.15) is 13.2 Å². The number of amides is 1. The number of hydrogen-bond donors (Lipinski definition) is 1. The van der Waals surface area contributed by atoms with E-state index < -0.39 is 12.1 Å². The Bertz CT molecular complexity index is 311. The average Bonchev–Trinajstić information content (AvgIpc) is 2.57. The lowest BCUT2D eigenvalue weighted by molar-refractivity contribution is -0.184. The molecule has 0 spiro atoms. The third-order valence-electron chi connectivity index (χ3n) is 4.03. The molecule has 104 valence electrons. The monoisotopic (exact) mass is 264 g/mol. The molecule has 1 heterocycles. The molecule has 0 aromatic heterocycles. The van der Waals surface area contributed by atoms with Gasteiger partial charge in [0, 0.05) is 25.6 Å². The van der Waals surface area contributed by atoms with Crippen molar-refractivity contribution >= 4 is 5.91 Å². The highest BCUT2D eigenvalue weighted by atomic mass is 19.4. The molecule has 0 bridgehead atoms. The third kappa shape index (κ3) is 3.16. The molecule has 1 saturated carbocycles. The zero-order valence-corrected chi connectivity index (χ0v) is 10.2. The Labute approximate surface area is 104 Å². The molecule has 0 aromatic carbocycles. The highest BCUT2D eigenvalue weighted by molar-refractivity contribution is 5.79. The van der Waals surface area contributed by atoms with E-state index in [2.05, 4.69) is 0 Å². The second kappa shape index (κ2) is 5.07. The quantitative estimate of drug-likeness (QED) is 0.828. The highest BCUT2D eigenvalue weighted by Gasteiger charge is 2.42. The summed E-state index contributed by atoms with van der Waals surface area (Å²) < 4.78 is 37.5. The molecule has 1 saturated heterocycles. The van der Waals surface area contributed by atoms with Crippen LogP contribution < -0.4 is 5.73 Å². The zero-order chi connectivity index (χ0) is 13.3. The fraction of sp³-hybridized carbons (Fsp3) is 0.917. The van der Waals surface area contributed by atoms with Crippen molar-refractivity contribution in [2.24, 2.45) is 17.6 Å². The third-order valence-corrected chi connectivity index (χ3v) is 4.03. The van der Waals surface area contributed by atoms with Crippen molar-refractivity contribution in [3.63, 3.8) is 0 Å². The van der Waals surface area contributed by atoms with Crippen LogP contribution in [-0.2, 0) is 4.79 Å². The van der Waals surface area contributed by atoms with Crippen molar-refractivity contribution in [3.8, 4) is 0 Å².